The first kappa shape index (κ1) is 63.7. The number of unbranched alkanes of at least 4 members (excludes halogenated alkanes) is 36. The smallest absolute Gasteiger partial charge is 0.306 e. The lowest BCUT2D eigenvalue weighted by Gasteiger charge is -2.39. The highest BCUT2D eigenvalue weighted by Gasteiger charge is 2.44. The number of aliphatic hydroxyl groups is 4. The summed E-state index contributed by atoms with van der Waals surface area (Å²) >= 11 is 0. The fourth-order valence-corrected chi connectivity index (χ4v) is 9.11. The Labute approximate surface area is 413 Å². The van der Waals surface area contributed by atoms with Crippen molar-refractivity contribution in [1.82, 2.24) is 0 Å². The summed E-state index contributed by atoms with van der Waals surface area (Å²) in [4.78, 5) is 12.9. The molecule has 6 unspecified atom stereocenters. The molecule has 1 saturated heterocycles. The van der Waals surface area contributed by atoms with Crippen molar-refractivity contribution in [3.63, 3.8) is 0 Å². The van der Waals surface area contributed by atoms with E-state index in [0.717, 1.165) is 38.5 Å². The lowest BCUT2D eigenvalue weighted by Crippen LogP contribution is -2.59. The number of carbonyl (C=O) groups is 1. The Kier molecular flexibility index (Phi) is 47.2. The van der Waals surface area contributed by atoms with Gasteiger partial charge in [0.15, 0.2) is 6.29 Å². The SMILES string of the molecule is CCCCCC/C=C\C/C=C\CCCCCCCCCCOCC(COC1OC(CO)C(O)C(O)C1O)OC(=O)CCCCCCCCCCCCCCCCCCCCCCCCCCC. The van der Waals surface area contributed by atoms with E-state index in [2.05, 4.69) is 38.2 Å². The number of rotatable bonds is 51. The number of allylic oxidation sites excluding steroid dienone is 4. The number of aliphatic hydroxyl groups excluding tert-OH is 4. The summed E-state index contributed by atoms with van der Waals surface area (Å²) in [5.41, 5.74) is 0. The van der Waals surface area contributed by atoms with Crippen molar-refractivity contribution in [1.29, 1.82) is 0 Å². The van der Waals surface area contributed by atoms with Crippen LogP contribution in [0.5, 0.6) is 0 Å². The van der Waals surface area contributed by atoms with Gasteiger partial charge in [0.25, 0.3) is 0 Å². The van der Waals surface area contributed by atoms with Crippen molar-refractivity contribution in [3.05, 3.63) is 24.3 Å². The molecular weight excluding hydrogens is 841 g/mol. The first-order chi connectivity index (χ1) is 32.9. The van der Waals surface area contributed by atoms with Crippen molar-refractivity contribution in [3.8, 4) is 0 Å². The molecule has 396 valence electrons. The summed E-state index contributed by atoms with van der Waals surface area (Å²) in [5.74, 6) is -0.309. The number of hydrogen-bond acceptors (Lipinski definition) is 9. The molecule has 0 spiro atoms. The molecule has 1 aliphatic rings. The summed E-state index contributed by atoms with van der Waals surface area (Å²) in [6, 6.07) is 0. The Morgan fingerprint density at radius 3 is 1.30 bits per heavy atom. The normalized spacial score (nSPS) is 19.3. The number of carbonyl (C=O) groups excluding carboxylic acids is 1. The van der Waals surface area contributed by atoms with Gasteiger partial charge in [-0.3, -0.25) is 4.79 Å². The molecule has 0 amide bonds. The summed E-state index contributed by atoms with van der Waals surface area (Å²) in [6.45, 7) is 4.59. The monoisotopic (exact) mass is 951 g/mol. The van der Waals surface area contributed by atoms with Crippen LogP contribution in [-0.2, 0) is 23.7 Å². The van der Waals surface area contributed by atoms with Gasteiger partial charge in [-0.1, -0.05) is 250 Å². The van der Waals surface area contributed by atoms with E-state index < -0.39 is 43.4 Å². The molecular formula is C58H110O9. The molecule has 0 aliphatic carbocycles. The third kappa shape index (κ3) is 40.0. The average Bonchev–Trinajstić information content (AvgIpc) is 3.33. The fourth-order valence-electron chi connectivity index (χ4n) is 9.11. The molecule has 0 aromatic carbocycles. The van der Waals surface area contributed by atoms with Gasteiger partial charge in [-0.15, -0.1) is 0 Å². The summed E-state index contributed by atoms with van der Waals surface area (Å²) in [7, 11) is 0. The second-order valence-electron chi connectivity index (χ2n) is 20.1. The highest BCUT2D eigenvalue weighted by molar-refractivity contribution is 5.69. The first-order valence-electron chi connectivity index (χ1n) is 28.9. The topological polar surface area (TPSA) is 135 Å². The van der Waals surface area contributed by atoms with E-state index in [-0.39, 0.29) is 19.2 Å². The van der Waals surface area contributed by atoms with Crippen LogP contribution in [0.3, 0.4) is 0 Å². The van der Waals surface area contributed by atoms with Gasteiger partial charge >= 0.3 is 5.97 Å². The molecule has 0 bridgehead atoms. The highest BCUT2D eigenvalue weighted by atomic mass is 16.7. The Balaban J connectivity index is 2.13. The lowest BCUT2D eigenvalue weighted by molar-refractivity contribution is -0.305. The molecule has 0 radical (unpaired) electrons. The van der Waals surface area contributed by atoms with Crippen LogP contribution in [0.2, 0.25) is 0 Å². The van der Waals surface area contributed by atoms with Gasteiger partial charge in [0.05, 0.1) is 19.8 Å². The van der Waals surface area contributed by atoms with Gasteiger partial charge < -0.3 is 39.4 Å². The summed E-state index contributed by atoms with van der Waals surface area (Å²) in [6.07, 6.45) is 53.7. The molecule has 1 aliphatic heterocycles. The maximum absolute atomic E-state index is 12.9. The molecule has 0 saturated carbocycles. The molecule has 1 fully saturated rings. The van der Waals surface area contributed by atoms with E-state index in [0.29, 0.717) is 13.0 Å². The van der Waals surface area contributed by atoms with Crippen LogP contribution in [0.1, 0.15) is 277 Å². The van der Waals surface area contributed by atoms with Crippen LogP contribution in [0.4, 0.5) is 0 Å². The van der Waals surface area contributed by atoms with Crippen LogP contribution in [-0.4, -0.2) is 89.6 Å². The van der Waals surface area contributed by atoms with E-state index in [9.17, 15) is 25.2 Å². The van der Waals surface area contributed by atoms with Crippen LogP contribution < -0.4 is 0 Å². The number of hydrogen-bond donors (Lipinski definition) is 4. The zero-order chi connectivity index (χ0) is 48.5. The van der Waals surface area contributed by atoms with Crippen molar-refractivity contribution in [2.75, 3.05) is 26.4 Å². The molecule has 0 aromatic rings. The average molecular weight is 952 g/mol. The van der Waals surface area contributed by atoms with Gasteiger partial charge in [0, 0.05) is 13.0 Å². The predicted octanol–water partition coefficient (Wildman–Crippen LogP) is 14.9. The molecule has 0 aromatic heterocycles. The van der Waals surface area contributed by atoms with Gasteiger partial charge in [0.2, 0.25) is 0 Å². The van der Waals surface area contributed by atoms with E-state index >= 15 is 0 Å². The van der Waals surface area contributed by atoms with Crippen LogP contribution in [0.25, 0.3) is 0 Å². The van der Waals surface area contributed by atoms with E-state index in [4.69, 9.17) is 18.9 Å². The second-order valence-corrected chi connectivity index (χ2v) is 20.1. The molecule has 6 atom stereocenters. The second kappa shape index (κ2) is 49.6. The minimum absolute atomic E-state index is 0.111. The predicted molar refractivity (Wildman–Crippen MR) is 279 cm³/mol. The van der Waals surface area contributed by atoms with Gasteiger partial charge in [-0.2, -0.15) is 0 Å². The van der Waals surface area contributed by atoms with E-state index in [1.54, 1.807) is 0 Å². The van der Waals surface area contributed by atoms with Crippen LogP contribution in [0.15, 0.2) is 24.3 Å². The third-order valence-electron chi connectivity index (χ3n) is 13.6. The minimum atomic E-state index is -1.54. The van der Waals surface area contributed by atoms with E-state index in [1.165, 1.54) is 218 Å². The molecule has 9 nitrogen and oxygen atoms in total. The minimum Gasteiger partial charge on any atom is -0.457 e. The maximum atomic E-state index is 12.9. The van der Waals surface area contributed by atoms with Crippen molar-refractivity contribution >= 4 is 5.97 Å². The number of esters is 1. The maximum Gasteiger partial charge on any atom is 0.306 e. The Morgan fingerprint density at radius 2 is 0.866 bits per heavy atom. The Hall–Kier alpha value is -1.33. The van der Waals surface area contributed by atoms with E-state index in [1.807, 2.05) is 0 Å². The molecule has 1 rings (SSSR count). The van der Waals surface area contributed by atoms with Crippen LogP contribution >= 0.6 is 0 Å². The summed E-state index contributed by atoms with van der Waals surface area (Å²) in [5, 5.41) is 40.3. The molecule has 4 N–H and O–H groups in total. The molecule has 9 heteroatoms. The Morgan fingerprint density at radius 1 is 0.478 bits per heavy atom. The van der Waals surface area contributed by atoms with Crippen molar-refractivity contribution in [2.45, 2.75) is 314 Å². The zero-order valence-corrected chi connectivity index (χ0v) is 43.9. The standard InChI is InChI=1S/C58H110O9/c1-3-5-7-9-11-13-15-17-19-21-23-24-25-26-27-28-29-31-33-35-37-39-41-43-45-47-54(60)66-52(51-65-58-57(63)56(62)55(61)53(49-59)67-58)50-64-48-46-44-42-40-38-36-34-32-30-22-20-18-16-14-12-10-8-6-4-2/h14,16,20,22,52-53,55-59,61-63H,3-13,15,17-19,21,23-51H2,1-2H3/b16-14-,22-20-. The van der Waals surface area contributed by atoms with Gasteiger partial charge in [-0.25, -0.2) is 0 Å². The third-order valence-corrected chi connectivity index (χ3v) is 13.6. The first-order valence-corrected chi connectivity index (χ1v) is 28.9. The fraction of sp³-hybridized carbons (Fsp3) is 0.914. The largest absolute Gasteiger partial charge is 0.457 e. The molecule has 1 heterocycles. The lowest BCUT2D eigenvalue weighted by atomic mass is 9.99. The van der Waals surface area contributed by atoms with Crippen molar-refractivity contribution in [2.24, 2.45) is 0 Å². The van der Waals surface area contributed by atoms with Crippen molar-refractivity contribution < 1.29 is 44.2 Å². The molecule has 67 heavy (non-hydrogen) atoms. The van der Waals surface area contributed by atoms with Gasteiger partial charge in [0.1, 0.15) is 30.5 Å². The summed E-state index contributed by atoms with van der Waals surface area (Å²) < 4.78 is 23.0. The number of ether oxygens (including phenoxy) is 4. The van der Waals surface area contributed by atoms with Crippen LogP contribution in [0, 0.1) is 0 Å². The van der Waals surface area contributed by atoms with Gasteiger partial charge in [-0.05, 0) is 44.9 Å². The Bertz CT molecular complexity index is 1080. The highest BCUT2D eigenvalue weighted by Crippen LogP contribution is 2.23. The quantitative estimate of drug-likeness (QED) is 0.0267. The zero-order valence-electron chi connectivity index (χ0n) is 43.9.